The number of hydrogen-bond donors (Lipinski definition) is 6. The normalized spacial score (nSPS) is 9.50. The minimum atomic E-state index is -4.61. The molecule has 10 heavy (non-hydrogen) atoms. The van der Waals surface area contributed by atoms with Gasteiger partial charge in [0.15, 0.2) is 0 Å². The summed E-state index contributed by atoms with van der Waals surface area (Å²) in [6, 6.07) is 0. The van der Waals surface area contributed by atoms with E-state index in [4.69, 9.17) is 32.5 Å². The molecular weight excluding hydrogens is 195 g/mol. The van der Waals surface area contributed by atoms with E-state index in [0.717, 1.165) is 0 Å². The van der Waals surface area contributed by atoms with Gasteiger partial charge in [0, 0.05) is 0 Å². The summed E-state index contributed by atoms with van der Waals surface area (Å²) in [6.45, 7) is 0. The van der Waals surface area contributed by atoms with E-state index in [2.05, 4.69) is 0 Å². The van der Waals surface area contributed by atoms with Crippen molar-refractivity contribution in [3.8, 4) is 0 Å². The molecule has 0 aliphatic rings. The van der Waals surface area contributed by atoms with Crippen LogP contribution in [0.25, 0.3) is 0 Å². The van der Waals surface area contributed by atoms with Crippen molar-refractivity contribution in [1.29, 1.82) is 0 Å². The Hall–Kier alpha value is 1.13. The Morgan fingerprint density at radius 3 is 1.00 bits per heavy atom. The van der Waals surface area contributed by atoms with Crippen LogP contribution in [0.1, 0.15) is 0 Å². The predicted octanol–water partition coefficient (Wildman–Crippen LogP) is -3.58. The first kappa shape index (κ1) is 17.3. The molecule has 0 spiro atoms. The van der Waals surface area contributed by atoms with Crippen LogP contribution in [0.5, 0.6) is 0 Å². The fourth-order valence-corrected chi connectivity index (χ4v) is 0. The van der Waals surface area contributed by atoms with Crippen LogP contribution in [0.15, 0.2) is 0 Å². The van der Waals surface area contributed by atoms with Crippen molar-refractivity contribution in [2.45, 2.75) is 0 Å². The molecule has 0 amide bonds. The monoisotopic (exact) mass is 202 g/mol. The average Bonchev–Trinajstić information content (AvgIpc) is 1.19. The summed E-state index contributed by atoms with van der Waals surface area (Å²) in [7, 11) is -4.61. The molecule has 0 saturated heterocycles. The van der Waals surface area contributed by atoms with Crippen molar-refractivity contribution < 1.29 is 32.5 Å². The van der Waals surface area contributed by atoms with E-state index < -0.39 is 20.4 Å². The molecule has 0 unspecified atom stereocenters. The van der Waals surface area contributed by atoms with Gasteiger partial charge < -0.3 is 19.2 Å². The SMILES string of the molecule is O=S(O)O.O[Si](O)(O)O.[NaH]. The Morgan fingerprint density at radius 2 is 1.00 bits per heavy atom. The van der Waals surface area contributed by atoms with Crippen LogP contribution >= 0.6 is 0 Å². The molecule has 0 bridgehead atoms. The quantitative estimate of drug-likeness (QED) is 0.176. The Balaban J connectivity index is -0.0000000910. The van der Waals surface area contributed by atoms with Crippen molar-refractivity contribution >= 4 is 50.0 Å². The molecule has 0 aromatic heterocycles. The molecule has 0 aromatic rings. The van der Waals surface area contributed by atoms with Crippen molar-refractivity contribution in [2.75, 3.05) is 0 Å². The number of rotatable bonds is 0. The second-order valence-electron chi connectivity index (χ2n) is 0.831. The summed E-state index contributed by atoms with van der Waals surface area (Å²) < 4.78 is 22.8. The van der Waals surface area contributed by atoms with Crippen molar-refractivity contribution in [1.82, 2.24) is 0 Å². The Labute approximate surface area is 82.2 Å². The van der Waals surface area contributed by atoms with Crippen molar-refractivity contribution in [3.63, 3.8) is 0 Å². The first-order chi connectivity index (χ1) is 3.73. The van der Waals surface area contributed by atoms with Crippen LogP contribution in [-0.4, -0.2) is 71.1 Å². The van der Waals surface area contributed by atoms with Gasteiger partial charge in [0.1, 0.15) is 0 Å². The molecule has 0 saturated carbocycles. The summed E-state index contributed by atoms with van der Waals surface area (Å²) in [5.74, 6) is 0. The molecule has 0 fully saturated rings. The van der Waals surface area contributed by atoms with Gasteiger partial charge in [0.05, 0.1) is 0 Å². The molecule has 10 heteroatoms. The standard InChI is InChI=1S/Na.H4O4Si.H2O3S.H/c;1-5(2,3)4;1-4(2)3;/h;1-4H;(H2,1,2,3);. The molecule has 6 N–H and O–H groups in total. The molecule has 7 nitrogen and oxygen atoms in total. The van der Waals surface area contributed by atoms with Gasteiger partial charge in [-0.2, -0.15) is 4.21 Å². The fraction of sp³-hybridized carbons (Fsp3) is 0. The maximum atomic E-state index is 8.67. The maximum absolute atomic E-state index is 8.67. The molecular formula is H7NaO7SSi. The van der Waals surface area contributed by atoms with E-state index in [1.54, 1.807) is 0 Å². The molecule has 0 aliphatic heterocycles. The van der Waals surface area contributed by atoms with Crippen LogP contribution < -0.4 is 0 Å². The molecule has 0 atom stereocenters. The van der Waals surface area contributed by atoms with Crippen LogP contribution in [-0.2, 0) is 11.4 Å². The zero-order chi connectivity index (χ0) is 8.08. The molecule has 0 aliphatic carbocycles. The van der Waals surface area contributed by atoms with E-state index in [9.17, 15) is 0 Å². The minimum absolute atomic E-state index is 0. The average molecular weight is 202 g/mol. The molecule has 0 aromatic carbocycles. The van der Waals surface area contributed by atoms with E-state index in [1.807, 2.05) is 0 Å². The summed E-state index contributed by atoms with van der Waals surface area (Å²) >= 11 is -2.61. The van der Waals surface area contributed by atoms with Crippen LogP contribution in [0, 0.1) is 0 Å². The second kappa shape index (κ2) is 8.23. The molecule has 60 valence electrons. The van der Waals surface area contributed by atoms with Gasteiger partial charge in [-0.15, -0.1) is 0 Å². The topological polar surface area (TPSA) is 138 Å². The third-order valence-electron chi connectivity index (χ3n) is 0. The van der Waals surface area contributed by atoms with Gasteiger partial charge in [-0.25, -0.2) is 0 Å². The van der Waals surface area contributed by atoms with E-state index in [0.29, 0.717) is 0 Å². The zero-order valence-corrected chi connectivity index (χ0v) is 5.82. The van der Waals surface area contributed by atoms with Gasteiger partial charge in [-0.05, 0) is 0 Å². The molecule has 0 rings (SSSR count). The van der Waals surface area contributed by atoms with Crippen molar-refractivity contribution in [3.05, 3.63) is 0 Å². The number of hydrogen-bond acceptors (Lipinski definition) is 5. The molecule has 0 radical (unpaired) electrons. The van der Waals surface area contributed by atoms with E-state index >= 15 is 0 Å². The third kappa shape index (κ3) is 475. The van der Waals surface area contributed by atoms with E-state index in [-0.39, 0.29) is 29.6 Å². The second-order valence-corrected chi connectivity index (χ2v) is 2.49. The van der Waals surface area contributed by atoms with E-state index in [1.165, 1.54) is 0 Å². The van der Waals surface area contributed by atoms with Gasteiger partial charge in [-0.1, -0.05) is 0 Å². The van der Waals surface area contributed by atoms with Crippen molar-refractivity contribution in [2.24, 2.45) is 0 Å². The Kier molecular flexibility index (Phi) is 14.2. The van der Waals surface area contributed by atoms with Crippen LogP contribution in [0.4, 0.5) is 0 Å². The summed E-state index contributed by atoms with van der Waals surface area (Å²) in [5.41, 5.74) is 0. The predicted molar refractivity (Wildman–Crippen MR) is 35.2 cm³/mol. The third-order valence-corrected chi connectivity index (χ3v) is 0. The summed E-state index contributed by atoms with van der Waals surface area (Å²) in [5, 5.41) is 0. The fourth-order valence-electron chi connectivity index (χ4n) is 0. The first-order valence-corrected chi connectivity index (χ1v) is 4.28. The van der Waals surface area contributed by atoms with Gasteiger partial charge in [0.25, 0.3) is 11.4 Å². The Morgan fingerprint density at radius 1 is 1.00 bits per heavy atom. The van der Waals surface area contributed by atoms with Gasteiger partial charge >= 0.3 is 38.6 Å². The first-order valence-electron chi connectivity index (χ1n) is 1.43. The van der Waals surface area contributed by atoms with Crippen LogP contribution in [0.2, 0.25) is 0 Å². The van der Waals surface area contributed by atoms with Crippen LogP contribution in [0.3, 0.4) is 0 Å². The van der Waals surface area contributed by atoms with Gasteiger partial charge in [-0.3, -0.25) is 9.11 Å². The Bertz CT molecular complexity index is 76.1. The van der Waals surface area contributed by atoms with Gasteiger partial charge in [0.2, 0.25) is 0 Å². The molecule has 0 heterocycles. The summed E-state index contributed by atoms with van der Waals surface area (Å²) in [4.78, 5) is 29.3. The summed E-state index contributed by atoms with van der Waals surface area (Å²) in [6.07, 6.45) is 0. The zero-order valence-electron chi connectivity index (χ0n) is 4.00.